The van der Waals surface area contributed by atoms with Gasteiger partial charge in [0.15, 0.2) is 0 Å². The molecular formula is C17H28N2O. The maximum absolute atomic E-state index is 11.1. The van der Waals surface area contributed by atoms with Crippen LogP contribution in [0.15, 0.2) is 24.3 Å². The summed E-state index contributed by atoms with van der Waals surface area (Å²) in [6.07, 6.45) is 5.93. The minimum Gasteiger partial charge on any atom is -0.370 e. The predicted octanol–water partition coefficient (Wildman–Crippen LogP) is 2.82. The zero-order valence-electron chi connectivity index (χ0n) is 12.8. The molecule has 1 aromatic carbocycles. The van der Waals surface area contributed by atoms with Crippen LogP contribution in [0.4, 0.5) is 0 Å². The maximum atomic E-state index is 11.1. The fourth-order valence-corrected chi connectivity index (χ4v) is 2.32. The molecule has 1 atom stereocenters. The lowest BCUT2D eigenvalue weighted by Crippen LogP contribution is -2.35. The Morgan fingerprint density at radius 1 is 1.15 bits per heavy atom. The number of hydrogen-bond donors (Lipinski definition) is 2. The van der Waals surface area contributed by atoms with Crippen LogP contribution in [0.25, 0.3) is 0 Å². The Hall–Kier alpha value is -1.35. The van der Waals surface area contributed by atoms with Gasteiger partial charge in [0.1, 0.15) is 0 Å². The molecule has 0 saturated heterocycles. The SMILES string of the molecule is CCCCc1ccc(CC(CC(N)=O)NCCC)cc1. The molecule has 1 amide bonds. The van der Waals surface area contributed by atoms with Crippen LogP contribution in [0, 0.1) is 0 Å². The molecular weight excluding hydrogens is 248 g/mol. The summed E-state index contributed by atoms with van der Waals surface area (Å²) in [5.74, 6) is -0.238. The first-order chi connectivity index (χ1) is 9.65. The first-order valence-electron chi connectivity index (χ1n) is 7.75. The highest BCUT2D eigenvalue weighted by Crippen LogP contribution is 2.11. The molecule has 3 heteroatoms. The van der Waals surface area contributed by atoms with Crippen molar-refractivity contribution < 1.29 is 4.79 Å². The molecule has 3 nitrogen and oxygen atoms in total. The summed E-state index contributed by atoms with van der Waals surface area (Å²) < 4.78 is 0. The van der Waals surface area contributed by atoms with Crippen molar-refractivity contribution in [2.45, 2.75) is 58.4 Å². The Bertz CT molecular complexity index is 386. The summed E-state index contributed by atoms with van der Waals surface area (Å²) in [4.78, 5) is 11.1. The summed E-state index contributed by atoms with van der Waals surface area (Å²) in [5.41, 5.74) is 7.97. The van der Waals surface area contributed by atoms with E-state index in [4.69, 9.17) is 5.73 Å². The maximum Gasteiger partial charge on any atom is 0.218 e. The average molecular weight is 276 g/mol. The van der Waals surface area contributed by atoms with Crippen LogP contribution in [0.3, 0.4) is 0 Å². The summed E-state index contributed by atoms with van der Waals surface area (Å²) >= 11 is 0. The van der Waals surface area contributed by atoms with Gasteiger partial charge in [-0.25, -0.2) is 0 Å². The van der Waals surface area contributed by atoms with Crippen molar-refractivity contribution in [2.24, 2.45) is 5.73 Å². The summed E-state index contributed by atoms with van der Waals surface area (Å²) in [7, 11) is 0. The molecule has 0 fully saturated rings. The van der Waals surface area contributed by atoms with E-state index in [1.54, 1.807) is 0 Å². The van der Waals surface area contributed by atoms with Crippen molar-refractivity contribution in [3.8, 4) is 0 Å². The summed E-state index contributed by atoms with van der Waals surface area (Å²) in [6.45, 7) is 5.26. The number of hydrogen-bond acceptors (Lipinski definition) is 2. The Kier molecular flexibility index (Phi) is 7.97. The monoisotopic (exact) mass is 276 g/mol. The van der Waals surface area contributed by atoms with Crippen molar-refractivity contribution in [1.82, 2.24) is 5.32 Å². The molecule has 0 aliphatic carbocycles. The predicted molar refractivity (Wildman–Crippen MR) is 84.7 cm³/mol. The fourth-order valence-electron chi connectivity index (χ4n) is 2.32. The Morgan fingerprint density at radius 2 is 1.80 bits per heavy atom. The Labute approximate surface area is 122 Å². The van der Waals surface area contributed by atoms with Crippen molar-refractivity contribution in [2.75, 3.05) is 6.54 Å². The van der Waals surface area contributed by atoms with E-state index in [1.165, 1.54) is 24.0 Å². The molecule has 0 spiro atoms. The van der Waals surface area contributed by atoms with Crippen molar-refractivity contribution in [3.05, 3.63) is 35.4 Å². The Morgan fingerprint density at radius 3 is 2.35 bits per heavy atom. The van der Waals surface area contributed by atoms with Gasteiger partial charge in [-0.05, 0) is 43.4 Å². The molecule has 0 aliphatic rings. The smallest absolute Gasteiger partial charge is 0.218 e. The van der Waals surface area contributed by atoms with E-state index in [0.29, 0.717) is 6.42 Å². The van der Waals surface area contributed by atoms with Gasteiger partial charge < -0.3 is 11.1 Å². The molecule has 3 N–H and O–H groups in total. The average Bonchev–Trinajstić information content (AvgIpc) is 2.43. The highest BCUT2D eigenvalue weighted by atomic mass is 16.1. The molecule has 1 rings (SSSR count). The largest absolute Gasteiger partial charge is 0.370 e. The first-order valence-corrected chi connectivity index (χ1v) is 7.75. The van der Waals surface area contributed by atoms with Gasteiger partial charge in [0.05, 0.1) is 0 Å². The normalized spacial score (nSPS) is 12.3. The van der Waals surface area contributed by atoms with Crippen molar-refractivity contribution in [3.63, 3.8) is 0 Å². The molecule has 0 bridgehead atoms. The number of nitrogens with one attached hydrogen (secondary N) is 1. The van der Waals surface area contributed by atoms with Gasteiger partial charge in [0.2, 0.25) is 5.91 Å². The lowest BCUT2D eigenvalue weighted by atomic mass is 10.00. The van der Waals surface area contributed by atoms with Gasteiger partial charge in [-0.1, -0.05) is 44.5 Å². The topological polar surface area (TPSA) is 55.1 Å². The van der Waals surface area contributed by atoms with E-state index >= 15 is 0 Å². The molecule has 0 saturated carbocycles. The zero-order chi connectivity index (χ0) is 14.8. The van der Waals surface area contributed by atoms with E-state index in [1.807, 2.05) is 0 Å². The number of benzene rings is 1. The van der Waals surface area contributed by atoms with Crippen LogP contribution < -0.4 is 11.1 Å². The highest BCUT2D eigenvalue weighted by molar-refractivity contribution is 5.74. The number of nitrogens with two attached hydrogens (primary N) is 1. The van der Waals surface area contributed by atoms with Crippen molar-refractivity contribution >= 4 is 5.91 Å². The molecule has 20 heavy (non-hydrogen) atoms. The minimum atomic E-state index is -0.238. The third-order valence-corrected chi connectivity index (χ3v) is 3.45. The van der Waals surface area contributed by atoms with Crippen LogP contribution in [0.1, 0.15) is 50.7 Å². The van der Waals surface area contributed by atoms with Gasteiger partial charge in [0.25, 0.3) is 0 Å². The van der Waals surface area contributed by atoms with Gasteiger partial charge in [0, 0.05) is 12.5 Å². The standard InChI is InChI=1S/C17H28N2O/c1-3-5-6-14-7-9-15(10-8-14)12-16(13-17(18)20)19-11-4-2/h7-10,16,19H,3-6,11-13H2,1-2H3,(H2,18,20). The molecule has 0 heterocycles. The number of rotatable bonds is 10. The number of unbranched alkanes of at least 4 members (excludes halogenated alkanes) is 1. The highest BCUT2D eigenvalue weighted by Gasteiger charge is 2.11. The van der Waals surface area contributed by atoms with E-state index in [0.717, 1.165) is 25.8 Å². The second kappa shape index (κ2) is 9.54. The van der Waals surface area contributed by atoms with Gasteiger partial charge in [-0.3, -0.25) is 4.79 Å². The molecule has 1 aromatic rings. The van der Waals surface area contributed by atoms with E-state index in [9.17, 15) is 4.79 Å². The zero-order valence-corrected chi connectivity index (χ0v) is 12.8. The molecule has 0 radical (unpaired) electrons. The van der Waals surface area contributed by atoms with Crippen molar-refractivity contribution in [1.29, 1.82) is 0 Å². The van der Waals surface area contributed by atoms with E-state index in [2.05, 4.69) is 43.4 Å². The number of primary amides is 1. The van der Waals surface area contributed by atoms with E-state index in [-0.39, 0.29) is 11.9 Å². The third kappa shape index (κ3) is 6.71. The molecule has 112 valence electrons. The number of carbonyl (C=O) groups is 1. The third-order valence-electron chi connectivity index (χ3n) is 3.45. The number of aryl methyl sites for hydroxylation is 1. The number of amides is 1. The Balaban J connectivity index is 2.55. The molecule has 1 unspecified atom stereocenters. The fraction of sp³-hybridized carbons (Fsp3) is 0.588. The quantitative estimate of drug-likeness (QED) is 0.690. The number of carbonyl (C=O) groups excluding carboxylic acids is 1. The van der Waals surface area contributed by atoms with Gasteiger partial charge >= 0.3 is 0 Å². The van der Waals surface area contributed by atoms with Crippen LogP contribution in [-0.2, 0) is 17.6 Å². The first kappa shape index (κ1) is 16.7. The molecule has 0 aliphatic heterocycles. The van der Waals surface area contributed by atoms with Gasteiger partial charge in [-0.15, -0.1) is 0 Å². The van der Waals surface area contributed by atoms with Crippen LogP contribution in [0.5, 0.6) is 0 Å². The van der Waals surface area contributed by atoms with Crippen LogP contribution >= 0.6 is 0 Å². The lowest BCUT2D eigenvalue weighted by Gasteiger charge is -2.17. The summed E-state index contributed by atoms with van der Waals surface area (Å²) in [5, 5.41) is 3.40. The molecule has 0 aromatic heterocycles. The lowest BCUT2D eigenvalue weighted by molar-refractivity contribution is -0.118. The van der Waals surface area contributed by atoms with Crippen LogP contribution in [0.2, 0.25) is 0 Å². The second-order valence-electron chi connectivity index (χ2n) is 5.45. The minimum absolute atomic E-state index is 0.147. The van der Waals surface area contributed by atoms with Crippen LogP contribution in [-0.4, -0.2) is 18.5 Å². The summed E-state index contributed by atoms with van der Waals surface area (Å²) in [6, 6.07) is 8.89. The van der Waals surface area contributed by atoms with E-state index < -0.39 is 0 Å². The second-order valence-corrected chi connectivity index (χ2v) is 5.45. The van der Waals surface area contributed by atoms with Gasteiger partial charge in [-0.2, -0.15) is 0 Å².